The van der Waals surface area contributed by atoms with Crippen molar-refractivity contribution < 1.29 is 14.3 Å². The molecule has 0 radical (unpaired) electrons. The first-order chi connectivity index (χ1) is 13.2. The predicted octanol–water partition coefficient (Wildman–Crippen LogP) is 3.06. The highest BCUT2D eigenvalue weighted by Gasteiger charge is 2.38. The van der Waals surface area contributed by atoms with Crippen molar-refractivity contribution in [3.05, 3.63) is 29.3 Å². The fraction of sp³-hybridized carbons (Fsp3) is 0.636. The molecule has 1 saturated heterocycles. The summed E-state index contributed by atoms with van der Waals surface area (Å²) in [7, 11) is 0. The van der Waals surface area contributed by atoms with Crippen molar-refractivity contribution in [3.63, 3.8) is 0 Å². The maximum atomic E-state index is 12.9. The SMILES string of the molecule is O=C(NCc1ccc2c(c1)CCCO2)[C@H]1CCCC[C@H]1C(=O)N1CCCC1. The van der Waals surface area contributed by atoms with Crippen LogP contribution in [0.2, 0.25) is 0 Å². The molecule has 3 aliphatic rings. The molecular weight excluding hydrogens is 340 g/mol. The van der Waals surface area contributed by atoms with Gasteiger partial charge in [-0.3, -0.25) is 9.59 Å². The molecule has 2 aliphatic heterocycles. The fourth-order valence-corrected chi connectivity index (χ4v) is 4.76. The molecule has 0 unspecified atom stereocenters. The molecular formula is C22H30N2O3. The van der Waals surface area contributed by atoms with E-state index in [1.807, 2.05) is 17.0 Å². The van der Waals surface area contributed by atoms with Crippen LogP contribution in [0, 0.1) is 11.8 Å². The Labute approximate surface area is 161 Å². The van der Waals surface area contributed by atoms with E-state index in [-0.39, 0.29) is 23.7 Å². The lowest BCUT2D eigenvalue weighted by Crippen LogP contribution is -2.44. The van der Waals surface area contributed by atoms with Crippen LogP contribution in [0.15, 0.2) is 18.2 Å². The molecule has 146 valence electrons. The molecule has 2 atom stereocenters. The van der Waals surface area contributed by atoms with Crippen molar-refractivity contribution >= 4 is 11.8 Å². The molecule has 0 bridgehead atoms. The quantitative estimate of drug-likeness (QED) is 0.886. The number of aryl methyl sites for hydroxylation is 1. The van der Waals surface area contributed by atoms with Crippen LogP contribution >= 0.6 is 0 Å². The Morgan fingerprint density at radius 1 is 1.04 bits per heavy atom. The number of likely N-dealkylation sites (tertiary alicyclic amines) is 1. The second kappa shape index (κ2) is 8.32. The summed E-state index contributed by atoms with van der Waals surface area (Å²) >= 11 is 0. The zero-order chi connectivity index (χ0) is 18.6. The molecule has 4 rings (SSSR count). The Morgan fingerprint density at radius 3 is 2.63 bits per heavy atom. The van der Waals surface area contributed by atoms with Crippen LogP contribution in [0.4, 0.5) is 0 Å². The largest absolute Gasteiger partial charge is 0.493 e. The third-order valence-electron chi connectivity index (χ3n) is 6.28. The van der Waals surface area contributed by atoms with Crippen molar-refractivity contribution in [1.82, 2.24) is 10.2 Å². The smallest absolute Gasteiger partial charge is 0.226 e. The predicted molar refractivity (Wildman–Crippen MR) is 103 cm³/mol. The third-order valence-corrected chi connectivity index (χ3v) is 6.28. The molecule has 5 nitrogen and oxygen atoms in total. The summed E-state index contributed by atoms with van der Waals surface area (Å²) in [5.41, 5.74) is 2.33. The first kappa shape index (κ1) is 18.3. The zero-order valence-corrected chi connectivity index (χ0v) is 16.0. The van der Waals surface area contributed by atoms with Crippen molar-refractivity contribution in [2.24, 2.45) is 11.8 Å². The maximum absolute atomic E-state index is 12.9. The molecule has 1 saturated carbocycles. The summed E-state index contributed by atoms with van der Waals surface area (Å²) in [5.74, 6) is 0.918. The minimum absolute atomic E-state index is 0.0428. The number of nitrogens with zero attached hydrogens (tertiary/aromatic N) is 1. The number of hydrogen-bond donors (Lipinski definition) is 1. The van der Waals surface area contributed by atoms with Gasteiger partial charge in [0.05, 0.1) is 6.61 Å². The minimum atomic E-state index is -0.173. The van der Waals surface area contributed by atoms with E-state index in [1.165, 1.54) is 5.56 Å². The molecule has 2 amide bonds. The zero-order valence-electron chi connectivity index (χ0n) is 16.0. The molecule has 2 heterocycles. The lowest BCUT2D eigenvalue weighted by molar-refractivity contribution is -0.142. The van der Waals surface area contributed by atoms with E-state index in [4.69, 9.17) is 4.74 Å². The highest BCUT2D eigenvalue weighted by Crippen LogP contribution is 2.33. The number of fused-ring (bicyclic) bond motifs is 1. The molecule has 0 spiro atoms. The minimum Gasteiger partial charge on any atom is -0.493 e. The third kappa shape index (κ3) is 4.12. The number of hydrogen-bond acceptors (Lipinski definition) is 3. The van der Waals surface area contributed by atoms with Crippen LogP contribution in [0.3, 0.4) is 0 Å². The van der Waals surface area contributed by atoms with Gasteiger partial charge < -0.3 is 15.0 Å². The van der Waals surface area contributed by atoms with E-state index in [2.05, 4.69) is 11.4 Å². The number of benzene rings is 1. The highest BCUT2D eigenvalue weighted by atomic mass is 16.5. The van der Waals surface area contributed by atoms with Crippen LogP contribution in [0.5, 0.6) is 5.75 Å². The van der Waals surface area contributed by atoms with Gasteiger partial charge >= 0.3 is 0 Å². The van der Waals surface area contributed by atoms with Gasteiger partial charge in [0.2, 0.25) is 11.8 Å². The summed E-state index contributed by atoms with van der Waals surface area (Å²) in [6, 6.07) is 6.18. The van der Waals surface area contributed by atoms with Gasteiger partial charge in [0.25, 0.3) is 0 Å². The second-order valence-electron chi connectivity index (χ2n) is 8.14. The number of amides is 2. The molecule has 27 heavy (non-hydrogen) atoms. The molecule has 5 heteroatoms. The van der Waals surface area contributed by atoms with Gasteiger partial charge in [-0.25, -0.2) is 0 Å². The maximum Gasteiger partial charge on any atom is 0.226 e. The highest BCUT2D eigenvalue weighted by molar-refractivity contribution is 5.88. The number of carbonyl (C=O) groups excluding carboxylic acids is 2. The number of rotatable bonds is 4. The van der Waals surface area contributed by atoms with E-state index < -0.39 is 0 Å². The van der Waals surface area contributed by atoms with Gasteiger partial charge in [0, 0.05) is 31.5 Å². The van der Waals surface area contributed by atoms with Crippen molar-refractivity contribution in [2.75, 3.05) is 19.7 Å². The van der Waals surface area contributed by atoms with Gasteiger partial charge in [-0.2, -0.15) is 0 Å². The molecule has 1 aromatic rings. The molecule has 1 aliphatic carbocycles. The lowest BCUT2D eigenvalue weighted by Gasteiger charge is -2.32. The Balaban J connectivity index is 1.38. The summed E-state index contributed by atoms with van der Waals surface area (Å²) in [6.45, 7) is 3.03. The molecule has 2 fully saturated rings. The topological polar surface area (TPSA) is 58.6 Å². The summed E-state index contributed by atoms with van der Waals surface area (Å²) in [6.07, 6.45) is 8.04. The van der Waals surface area contributed by atoms with Crippen LogP contribution in [0.25, 0.3) is 0 Å². The normalized spacial score (nSPS) is 24.8. The van der Waals surface area contributed by atoms with Crippen LogP contribution in [-0.4, -0.2) is 36.4 Å². The number of carbonyl (C=O) groups is 2. The number of ether oxygens (including phenoxy) is 1. The van der Waals surface area contributed by atoms with Crippen molar-refractivity contribution in [1.29, 1.82) is 0 Å². The Morgan fingerprint density at radius 2 is 1.81 bits per heavy atom. The van der Waals surface area contributed by atoms with Gasteiger partial charge in [0.1, 0.15) is 5.75 Å². The van der Waals surface area contributed by atoms with E-state index in [0.29, 0.717) is 6.54 Å². The van der Waals surface area contributed by atoms with E-state index in [9.17, 15) is 9.59 Å². The summed E-state index contributed by atoms with van der Waals surface area (Å²) < 4.78 is 5.66. The second-order valence-corrected chi connectivity index (χ2v) is 8.14. The van der Waals surface area contributed by atoms with Gasteiger partial charge in [-0.1, -0.05) is 25.0 Å². The van der Waals surface area contributed by atoms with Gasteiger partial charge in [0.15, 0.2) is 0 Å². The summed E-state index contributed by atoms with van der Waals surface area (Å²) in [5, 5.41) is 3.10. The van der Waals surface area contributed by atoms with Crippen molar-refractivity contribution in [2.45, 2.75) is 57.9 Å². The first-order valence-electron chi connectivity index (χ1n) is 10.5. The molecule has 0 aromatic heterocycles. The van der Waals surface area contributed by atoms with E-state index >= 15 is 0 Å². The van der Waals surface area contributed by atoms with Gasteiger partial charge in [-0.15, -0.1) is 0 Å². The summed E-state index contributed by atoms with van der Waals surface area (Å²) in [4.78, 5) is 27.7. The Kier molecular flexibility index (Phi) is 5.65. The Hall–Kier alpha value is -2.04. The van der Waals surface area contributed by atoms with Crippen molar-refractivity contribution in [3.8, 4) is 5.75 Å². The van der Waals surface area contributed by atoms with Crippen LogP contribution in [-0.2, 0) is 22.6 Å². The van der Waals surface area contributed by atoms with Gasteiger partial charge in [-0.05, 0) is 55.7 Å². The Bertz CT molecular complexity index is 697. The fourth-order valence-electron chi connectivity index (χ4n) is 4.76. The first-order valence-corrected chi connectivity index (χ1v) is 10.5. The van der Waals surface area contributed by atoms with Crippen LogP contribution < -0.4 is 10.1 Å². The van der Waals surface area contributed by atoms with Crippen LogP contribution in [0.1, 0.15) is 56.1 Å². The average molecular weight is 370 g/mol. The molecule has 1 aromatic carbocycles. The average Bonchev–Trinajstić information content (AvgIpc) is 3.26. The standard InChI is InChI=1S/C22H30N2O3/c25-21(23-15-16-9-10-20-17(14-16)6-5-13-27-20)18-7-1-2-8-19(18)22(26)24-11-3-4-12-24/h9-10,14,18-19H,1-8,11-13,15H2,(H,23,25)/t18-,19+/m0/s1. The van der Waals surface area contributed by atoms with E-state index in [1.54, 1.807) is 0 Å². The number of nitrogens with one attached hydrogen (secondary N) is 1. The lowest BCUT2D eigenvalue weighted by atomic mass is 9.78. The molecule has 1 N–H and O–H groups in total. The van der Waals surface area contributed by atoms with E-state index in [0.717, 1.165) is 82.4 Å². The monoisotopic (exact) mass is 370 g/mol.